The maximum absolute atomic E-state index is 4.75. The molecule has 1 aliphatic rings. The van der Waals surface area contributed by atoms with Gasteiger partial charge >= 0.3 is 0 Å². The lowest BCUT2D eigenvalue weighted by atomic mass is 10.7. The Labute approximate surface area is 48.4 Å². The molecule has 0 aliphatic carbocycles. The Bertz CT molecular complexity index is 125. The molecule has 0 saturated heterocycles. The quantitative estimate of drug-likeness (QED) is 0.504. The van der Waals surface area contributed by atoms with Crippen molar-refractivity contribution in [1.82, 2.24) is 4.90 Å². The zero-order valence-electron chi connectivity index (χ0n) is 4.45. The number of hydrogen-bond acceptors (Lipinski definition) is 2. The van der Waals surface area contributed by atoms with Crippen LogP contribution in [0.25, 0.3) is 0 Å². The lowest BCUT2D eigenvalue weighted by molar-refractivity contribution is 0.368. The number of rotatable bonds is 1. The van der Waals surface area contributed by atoms with Gasteiger partial charge in [-0.05, 0) is 0 Å². The molecule has 0 aromatic heterocycles. The van der Waals surface area contributed by atoms with E-state index in [1.165, 1.54) is 0 Å². The highest BCUT2D eigenvalue weighted by molar-refractivity contribution is 4.96. The maximum Gasteiger partial charge on any atom is 0.107 e. The van der Waals surface area contributed by atoms with Gasteiger partial charge in [-0.25, -0.2) is 0 Å². The maximum atomic E-state index is 4.75. The van der Waals surface area contributed by atoms with Crippen LogP contribution in [-0.2, 0) is 4.74 Å². The molecule has 0 saturated carbocycles. The predicted octanol–water partition coefficient (Wildman–Crippen LogP) is 1.40. The molecule has 2 heteroatoms. The van der Waals surface area contributed by atoms with Gasteiger partial charge in [0.05, 0.1) is 0 Å². The van der Waals surface area contributed by atoms with Gasteiger partial charge in [0.25, 0.3) is 0 Å². The fourth-order valence-electron chi connectivity index (χ4n) is 0.428. The lowest BCUT2D eigenvalue weighted by Gasteiger charge is -2.09. The van der Waals surface area contributed by atoms with Crippen molar-refractivity contribution in [2.75, 3.05) is 0 Å². The van der Waals surface area contributed by atoms with Crippen LogP contribution < -0.4 is 0 Å². The third kappa shape index (κ3) is 0.904. The summed E-state index contributed by atoms with van der Waals surface area (Å²) in [7, 11) is 0. The topological polar surface area (TPSA) is 12.5 Å². The van der Waals surface area contributed by atoms with Crippen LogP contribution in [0.5, 0.6) is 0 Å². The SMILES string of the molecule is C=CN1C=COC=C1. The first-order chi connectivity index (χ1) is 3.93. The summed E-state index contributed by atoms with van der Waals surface area (Å²) in [6, 6.07) is 0. The van der Waals surface area contributed by atoms with E-state index in [-0.39, 0.29) is 0 Å². The summed E-state index contributed by atoms with van der Waals surface area (Å²) >= 11 is 0. The number of nitrogens with zero attached hydrogens (tertiary/aromatic N) is 1. The van der Waals surface area contributed by atoms with E-state index in [2.05, 4.69) is 6.58 Å². The standard InChI is InChI=1S/C6H7NO/c1-2-7-3-5-8-6-4-7/h2-6H,1H2. The Morgan fingerprint density at radius 3 is 2.38 bits per heavy atom. The summed E-state index contributed by atoms with van der Waals surface area (Å²) in [5.74, 6) is 0. The van der Waals surface area contributed by atoms with Crippen LogP contribution in [0.3, 0.4) is 0 Å². The Kier molecular flexibility index (Phi) is 1.37. The second-order valence-corrected chi connectivity index (χ2v) is 1.34. The van der Waals surface area contributed by atoms with Crippen LogP contribution in [0, 0.1) is 0 Å². The molecule has 42 valence electrons. The number of hydrogen-bond donors (Lipinski definition) is 0. The molecule has 0 unspecified atom stereocenters. The Morgan fingerprint density at radius 1 is 1.38 bits per heavy atom. The average molecular weight is 109 g/mol. The van der Waals surface area contributed by atoms with E-state index in [9.17, 15) is 0 Å². The van der Waals surface area contributed by atoms with Gasteiger partial charge in [0.15, 0.2) is 0 Å². The summed E-state index contributed by atoms with van der Waals surface area (Å²) in [6.07, 6.45) is 8.40. The van der Waals surface area contributed by atoms with E-state index >= 15 is 0 Å². The van der Waals surface area contributed by atoms with Crippen LogP contribution in [0.2, 0.25) is 0 Å². The van der Waals surface area contributed by atoms with Gasteiger partial charge in [-0.1, -0.05) is 6.58 Å². The second-order valence-electron chi connectivity index (χ2n) is 1.34. The highest BCUT2D eigenvalue weighted by atomic mass is 16.5. The molecule has 0 aromatic carbocycles. The molecule has 1 rings (SSSR count). The van der Waals surface area contributed by atoms with E-state index in [1.54, 1.807) is 36.0 Å². The summed E-state index contributed by atoms with van der Waals surface area (Å²) in [5.41, 5.74) is 0. The van der Waals surface area contributed by atoms with Gasteiger partial charge in [-0.2, -0.15) is 0 Å². The third-order valence-electron chi connectivity index (χ3n) is 0.834. The highest BCUT2D eigenvalue weighted by Gasteiger charge is 1.87. The van der Waals surface area contributed by atoms with Gasteiger partial charge in [0, 0.05) is 18.6 Å². The summed E-state index contributed by atoms with van der Waals surface area (Å²) in [4.78, 5) is 1.80. The van der Waals surface area contributed by atoms with E-state index in [4.69, 9.17) is 4.74 Å². The van der Waals surface area contributed by atoms with Gasteiger partial charge in [0.2, 0.25) is 0 Å². The molecule has 0 amide bonds. The number of ether oxygens (including phenoxy) is 1. The fraction of sp³-hybridized carbons (Fsp3) is 0. The minimum atomic E-state index is 1.58. The van der Waals surface area contributed by atoms with Crippen LogP contribution in [-0.4, -0.2) is 4.90 Å². The minimum Gasteiger partial charge on any atom is -0.470 e. The van der Waals surface area contributed by atoms with Crippen molar-refractivity contribution < 1.29 is 4.74 Å². The smallest absolute Gasteiger partial charge is 0.107 e. The van der Waals surface area contributed by atoms with E-state index in [0.717, 1.165) is 0 Å². The highest BCUT2D eigenvalue weighted by Crippen LogP contribution is 1.98. The largest absolute Gasteiger partial charge is 0.470 e. The molecule has 0 aromatic rings. The molecule has 0 radical (unpaired) electrons. The lowest BCUT2D eigenvalue weighted by Crippen LogP contribution is -2.00. The summed E-state index contributed by atoms with van der Waals surface area (Å²) < 4.78 is 4.75. The van der Waals surface area contributed by atoms with Crippen molar-refractivity contribution in [2.24, 2.45) is 0 Å². The first-order valence-corrected chi connectivity index (χ1v) is 2.32. The van der Waals surface area contributed by atoms with Gasteiger partial charge < -0.3 is 9.64 Å². The van der Waals surface area contributed by atoms with E-state index in [0.29, 0.717) is 0 Å². The van der Waals surface area contributed by atoms with Gasteiger partial charge in [-0.15, -0.1) is 0 Å². The predicted molar refractivity (Wildman–Crippen MR) is 31.4 cm³/mol. The third-order valence-corrected chi connectivity index (χ3v) is 0.834. The molecule has 1 heterocycles. The summed E-state index contributed by atoms with van der Waals surface area (Å²) in [6.45, 7) is 3.55. The molecule has 0 N–H and O–H groups in total. The van der Waals surface area contributed by atoms with Gasteiger partial charge in [0.1, 0.15) is 12.5 Å². The van der Waals surface area contributed by atoms with Gasteiger partial charge in [-0.3, -0.25) is 0 Å². The van der Waals surface area contributed by atoms with Crippen LogP contribution >= 0.6 is 0 Å². The molecule has 0 spiro atoms. The average Bonchev–Trinajstić information content (AvgIpc) is 1.90. The Hall–Kier alpha value is -1.18. The van der Waals surface area contributed by atoms with Crippen LogP contribution in [0.1, 0.15) is 0 Å². The molecule has 1 aliphatic heterocycles. The fourth-order valence-corrected chi connectivity index (χ4v) is 0.428. The first kappa shape index (κ1) is 4.97. The van der Waals surface area contributed by atoms with Crippen molar-refractivity contribution in [3.05, 3.63) is 37.7 Å². The first-order valence-electron chi connectivity index (χ1n) is 2.32. The van der Waals surface area contributed by atoms with Crippen molar-refractivity contribution in [2.45, 2.75) is 0 Å². The molecule has 8 heavy (non-hydrogen) atoms. The Balaban J connectivity index is 2.54. The molecule has 0 bridgehead atoms. The molecule has 2 nitrogen and oxygen atoms in total. The van der Waals surface area contributed by atoms with Crippen molar-refractivity contribution in [1.29, 1.82) is 0 Å². The molecule has 0 atom stereocenters. The van der Waals surface area contributed by atoms with E-state index in [1.807, 2.05) is 0 Å². The zero-order valence-corrected chi connectivity index (χ0v) is 4.45. The normalized spacial score (nSPS) is 15.8. The van der Waals surface area contributed by atoms with Crippen molar-refractivity contribution >= 4 is 0 Å². The molecular weight excluding hydrogens is 102 g/mol. The molecular formula is C6H7NO. The molecule has 0 fully saturated rings. The summed E-state index contributed by atoms with van der Waals surface area (Å²) in [5, 5.41) is 0. The van der Waals surface area contributed by atoms with Crippen LogP contribution in [0.15, 0.2) is 37.7 Å². The Morgan fingerprint density at radius 2 is 2.00 bits per heavy atom. The van der Waals surface area contributed by atoms with Crippen molar-refractivity contribution in [3.63, 3.8) is 0 Å². The van der Waals surface area contributed by atoms with Crippen LogP contribution in [0.4, 0.5) is 0 Å². The second kappa shape index (κ2) is 2.21. The van der Waals surface area contributed by atoms with Crippen molar-refractivity contribution in [3.8, 4) is 0 Å². The van der Waals surface area contributed by atoms with E-state index < -0.39 is 0 Å². The monoisotopic (exact) mass is 109 g/mol. The minimum absolute atomic E-state index is 1.58. The zero-order chi connectivity index (χ0) is 5.82.